The summed E-state index contributed by atoms with van der Waals surface area (Å²) >= 11 is 11.5. The molecule has 0 aliphatic carbocycles. The SMILES string of the molecule is O=C(N/N=C/c1cc(Cl)cc([N+](=O)[O-])c1O)c1cccc(Cl)c1. The minimum Gasteiger partial charge on any atom is -0.502 e. The van der Waals surface area contributed by atoms with E-state index in [1.165, 1.54) is 12.1 Å². The van der Waals surface area contributed by atoms with Crippen LogP contribution in [0.3, 0.4) is 0 Å². The fraction of sp³-hybridized carbons (Fsp3) is 0. The maximum absolute atomic E-state index is 11.8. The molecule has 0 fully saturated rings. The molecule has 2 aromatic carbocycles. The zero-order valence-corrected chi connectivity index (χ0v) is 12.9. The summed E-state index contributed by atoms with van der Waals surface area (Å²) < 4.78 is 0. The van der Waals surface area contributed by atoms with Crippen LogP contribution >= 0.6 is 23.2 Å². The van der Waals surface area contributed by atoms with Crippen molar-refractivity contribution in [3.05, 3.63) is 67.7 Å². The third kappa shape index (κ3) is 4.18. The molecule has 0 aromatic heterocycles. The van der Waals surface area contributed by atoms with Crippen molar-refractivity contribution in [3.63, 3.8) is 0 Å². The second-order valence-corrected chi connectivity index (χ2v) is 5.20. The average molecular weight is 354 g/mol. The molecule has 0 radical (unpaired) electrons. The van der Waals surface area contributed by atoms with E-state index in [9.17, 15) is 20.0 Å². The summed E-state index contributed by atoms with van der Waals surface area (Å²) in [6.45, 7) is 0. The molecule has 23 heavy (non-hydrogen) atoms. The second-order valence-electron chi connectivity index (χ2n) is 4.33. The molecule has 0 saturated heterocycles. The number of amides is 1. The predicted molar refractivity (Wildman–Crippen MR) is 86.3 cm³/mol. The lowest BCUT2D eigenvalue weighted by Gasteiger charge is -2.02. The van der Waals surface area contributed by atoms with Crippen LogP contribution in [0.1, 0.15) is 15.9 Å². The molecule has 0 spiro atoms. The molecule has 2 N–H and O–H groups in total. The van der Waals surface area contributed by atoms with Crippen molar-refractivity contribution in [1.29, 1.82) is 0 Å². The standard InChI is InChI=1S/C14H9Cl2N3O4/c15-10-3-1-2-8(4-10)14(21)18-17-7-9-5-11(16)6-12(13(9)20)19(22)23/h1-7,20H,(H,18,21)/b17-7+. The Balaban J connectivity index is 2.18. The van der Waals surface area contributed by atoms with Gasteiger partial charge in [-0.25, -0.2) is 5.43 Å². The van der Waals surface area contributed by atoms with Crippen LogP contribution in [-0.4, -0.2) is 22.2 Å². The van der Waals surface area contributed by atoms with E-state index in [-0.39, 0.29) is 16.1 Å². The third-order valence-electron chi connectivity index (χ3n) is 2.74. The van der Waals surface area contributed by atoms with E-state index < -0.39 is 22.3 Å². The number of carbonyl (C=O) groups is 1. The van der Waals surface area contributed by atoms with Gasteiger partial charge in [0.25, 0.3) is 5.91 Å². The van der Waals surface area contributed by atoms with Crippen LogP contribution in [-0.2, 0) is 0 Å². The molecule has 0 aliphatic rings. The van der Waals surface area contributed by atoms with Gasteiger partial charge in [0.15, 0.2) is 0 Å². The number of benzene rings is 2. The quantitative estimate of drug-likeness (QED) is 0.499. The van der Waals surface area contributed by atoms with Gasteiger partial charge < -0.3 is 5.11 Å². The summed E-state index contributed by atoms with van der Waals surface area (Å²) in [7, 11) is 0. The van der Waals surface area contributed by atoms with Crippen LogP contribution in [0, 0.1) is 10.1 Å². The average Bonchev–Trinajstić information content (AvgIpc) is 2.49. The van der Waals surface area contributed by atoms with Crippen LogP contribution < -0.4 is 5.43 Å². The molecule has 9 heteroatoms. The number of rotatable bonds is 4. The number of hydrogen-bond donors (Lipinski definition) is 2. The summed E-state index contributed by atoms with van der Waals surface area (Å²) in [5, 5.41) is 24.7. The van der Waals surface area contributed by atoms with Crippen molar-refractivity contribution >= 4 is 41.0 Å². The molecule has 0 heterocycles. The highest BCUT2D eigenvalue weighted by Gasteiger charge is 2.17. The van der Waals surface area contributed by atoms with Gasteiger partial charge in [0.05, 0.1) is 11.1 Å². The lowest BCUT2D eigenvalue weighted by Crippen LogP contribution is -2.17. The Bertz CT molecular complexity index is 809. The summed E-state index contributed by atoms with van der Waals surface area (Å²) in [5.41, 5.74) is 1.95. The molecule has 7 nitrogen and oxygen atoms in total. The van der Waals surface area contributed by atoms with Gasteiger partial charge in [-0.15, -0.1) is 0 Å². The smallest absolute Gasteiger partial charge is 0.312 e. The maximum atomic E-state index is 11.8. The number of carbonyl (C=O) groups excluding carboxylic acids is 1. The Hall–Kier alpha value is -2.64. The first-order valence-corrected chi connectivity index (χ1v) is 6.90. The number of halogens is 2. The van der Waals surface area contributed by atoms with E-state index in [1.807, 2.05) is 0 Å². The summed E-state index contributed by atoms with van der Waals surface area (Å²) in [6, 6.07) is 8.50. The molecule has 0 aliphatic heterocycles. The second kappa shape index (κ2) is 7.08. The Morgan fingerprint density at radius 1 is 1.26 bits per heavy atom. The van der Waals surface area contributed by atoms with E-state index in [4.69, 9.17) is 23.2 Å². The fourth-order valence-electron chi connectivity index (χ4n) is 1.70. The molecule has 0 unspecified atom stereocenters. The molecule has 118 valence electrons. The van der Waals surface area contributed by atoms with Crippen molar-refractivity contribution in [2.45, 2.75) is 0 Å². The van der Waals surface area contributed by atoms with Crippen molar-refractivity contribution < 1.29 is 14.8 Å². The number of nitrogens with one attached hydrogen (secondary N) is 1. The minimum atomic E-state index is -0.775. The molecular weight excluding hydrogens is 345 g/mol. The highest BCUT2D eigenvalue weighted by Crippen LogP contribution is 2.32. The van der Waals surface area contributed by atoms with Crippen molar-refractivity contribution in [2.75, 3.05) is 0 Å². The van der Waals surface area contributed by atoms with Gasteiger partial charge in [-0.05, 0) is 24.3 Å². The lowest BCUT2D eigenvalue weighted by molar-refractivity contribution is -0.385. The van der Waals surface area contributed by atoms with Crippen molar-refractivity contribution in [2.24, 2.45) is 5.10 Å². The number of phenols is 1. The first-order chi connectivity index (χ1) is 10.9. The van der Waals surface area contributed by atoms with E-state index in [0.29, 0.717) is 5.02 Å². The number of nitro benzene ring substituents is 1. The Morgan fingerprint density at radius 2 is 2.00 bits per heavy atom. The van der Waals surface area contributed by atoms with Crippen molar-refractivity contribution in [3.8, 4) is 5.75 Å². The van der Waals surface area contributed by atoms with Gasteiger partial charge in [-0.1, -0.05) is 29.3 Å². The minimum absolute atomic E-state index is 0.00408. The molecule has 0 bridgehead atoms. The first-order valence-electron chi connectivity index (χ1n) is 6.14. The highest BCUT2D eigenvalue weighted by molar-refractivity contribution is 6.31. The molecule has 1 amide bonds. The van der Waals surface area contributed by atoms with E-state index in [2.05, 4.69) is 10.5 Å². The van der Waals surface area contributed by atoms with Gasteiger partial charge in [0, 0.05) is 27.2 Å². The van der Waals surface area contributed by atoms with Crippen molar-refractivity contribution in [1.82, 2.24) is 5.43 Å². The van der Waals surface area contributed by atoms with E-state index in [0.717, 1.165) is 12.3 Å². The Morgan fingerprint density at radius 3 is 2.65 bits per heavy atom. The number of aromatic hydroxyl groups is 1. The predicted octanol–water partition coefficient (Wildman–Crippen LogP) is 3.37. The van der Waals surface area contributed by atoms with Crippen LogP contribution in [0.15, 0.2) is 41.5 Å². The van der Waals surface area contributed by atoms with E-state index in [1.54, 1.807) is 18.2 Å². The third-order valence-corrected chi connectivity index (χ3v) is 3.19. The van der Waals surface area contributed by atoms with Gasteiger partial charge in [0.1, 0.15) is 0 Å². The summed E-state index contributed by atoms with van der Waals surface area (Å²) in [4.78, 5) is 21.8. The number of nitro groups is 1. The normalized spacial score (nSPS) is 10.7. The zero-order chi connectivity index (χ0) is 17.0. The first kappa shape index (κ1) is 16.7. The fourth-order valence-corrected chi connectivity index (χ4v) is 2.11. The number of phenolic OH excluding ortho intramolecular Hbond substituents is 1. The van der Waals surface area contributed by atoms with Crippen LogP contribution in [0.5, 0.6) is 5.75 Å². The largest absolute Gasteiger partial charge is 0.502 e. The van der Waals surface area contributed by atoms with Gasteiger partial charge >= 0.3 is 5.69 Å². The molecular formula is C14H9Cl2N3O4. The number of nitrogens with zero attached hydrogens (tertiary/aromatic N) is 2. The molecule has 0 atom stereocenters. The monoisotopic (exact) mass is 353 g/mol. The lowest BCUT2D eigenvalue weighted by atomic mass is 10.2. The van der Waals surface area contributed by atoms with E-state index >= 15 is 0 Å². The zero-order valence-electron chi connectivity index (χ0n) is 11.4. The van der Waals surface area contributed by atoms with Gasteiger partial charge in [0.2, 0.25) is 5.75 Å². The maximum Gasteiger partial charge on any atom is 0.312 e. The molecule has 0 saturated carbocycles. The number of hydrazone groups is 1. The van der Waals surface area contributed by atoms with Crippen LogP contribution in [0.2, 0.25) is 10.0 Å². The summed E-state index contributed by atoms with van der Waals surface area (Å²) in [6.07, 6.45) is 1.05. The molecule has 2 rings (SSSR count). The Labute approximate surface area is 140 Å². The Kier molecular flexibility index (Phi) is 5.15. The highest BCUT2D eigenvalue weighted by atomic mass is 35.5. The topological polar surface area (TPSA) is 105 Å². The molecule has 2 aromatic rings. The summed E-state index contributed by atoms with van der Waals surface area (Å²) in [5.74, 6) is -1.13. The van der Waals surface area contributed by atoms with Crippen LogP contribution in [0.25, 0.3) is 0 Å². The van der Waals surface area contributed by atoms with Crippen LogP contribution in [0.4, 0.5) is 5.69 Å². The van der Waals surface area contributed by atoms with Gasteiger partial charge in [-0.2, -0.15) is 5.10 Å². The van der Waals surface area contributed by atoms with Gasteiger partial charge in [-0.3, -0.25) is 14.9 Å². The number of hydrogen-bond acceptors (Lipinski definition) is 5.